The molecule has 0 aromatic heterocycles. The van der Waals surface area contributed by atoms with Crippen molar-refractivity contribution in [1.82, 2.24) is 0 Å². The Labute approximate surface area is 129 Å². The van der Waals surface area contributed by atoms with Crippen LogP contribution in [-0.2, 0) is 11.2 Å². The summed E-state index contributed by atoms with van der Waals surface area (Å²) in [5, 5.41) is 11.3. The van der Waals surface area contributed by atoms with Crippen molar-refractivity contribution in [1.29, 1.82) is 0 Å². The molecule has 2 nitrogen and oxygen atoms in total. The number of fused-ring (bicyclic) bond motifs is 1. The van der Waals surface area contributed by atoms with Crippen LogP contribution < -0.4 is 0 Å². The summed E-state index contributed by atoms with van der Waals surface area (Å²) in [6.07, 6.45) is 3.62. The van der Waals surface area contributed by atoms with E-state index in [1.807, 2.05) is 36.4 Å². The van der Waals surface area contributed by atoms with Gasteiger partial charge < -0.3 is 5.11 Å². The molecule has 0 amide bonds. The first kappa shape index (κ1) is 14.1. The summed E-state index contributed by atoms with van der Waals surface area (Å²) in [6.45, 7) is 0. The summed E-state index contributed by atoms with van der Waals surface area (Å²) in [6, 6.07) is 22.5. The maximum absolute atomic E-state index is 10.7. The number of hydrogen-bond donors (Lipinski definition) is 1. The van der Waals surface area contributed by atoms with E-state index in [2.05, 4.69) is 30.3 Å². The van der Waals surface area contributed by atoms with E-state index < -0.39 is 5.97 Å². The molecule has 1 N–H and O–H groups in total. The van der Waals surface area contributed by atoms with Crippen LogP contribution in [0.5, 0.6) is 0 Å². The van der Waals surface area contributed by atoms with Gasteiger partial charge in [0.2, 0.25) is 0 Å². The van der Waals surface area contributed by atoms with Crippen LogP contribution in [0.4, 0.5) is 0 Å². The number of aliphatic carboxylic acids is 1. The largest absolute Gasteiger partial charge is 0.478 e. The molecule has 0 aliphatic heterocycles. The van der Waals surface area contributed by atoms with Crippen molar-refractivity contribution in [2.24, 2.45) is 0 Å². The van der Waals surface area contributed by atoms with Gasteiger partial charge in [0.15, 0.2) is 0 Å². The molecule has 3 aromatic carbocycles. The molecule has 0 saturated carbocycles. The molecule has 0 radical (unpaired) electrons. The number of benzene rings is 3. The van der Waals surface area contributed by atoms with Gasteiger partial charge in [-0.3, -0.25) is 0 Å². The van der Waals surface area contributed by atoms with Crippen LogP contribution in [0.1, 0.15) is 16.7 Å². The summed E-state index contributed by atoms with van der Waals surface area (Å²) in [5.41, 5.74) is 3.31. The monoisotopic (exact) mass is 288 g/mol. The Morgan fingerprint density at radius 3 is 2.41 bits per heavy atom. The Hall–Kier alpha value is -2.87. The predicted molar refractivity (Wildman–Crippen MR) is 89.9 cm³/mol. The van der Waals surface area contributed by atoms with Gasteiger partial charge in [-0.05, 0) is 40.0 Å². The highest BCUT2D eigenvalue weighted by Crippen LogP contribution is 2.23. The van der Waals surface area contributed by atoms with Gasteiger partial charge in [0, 0.05) is 6.08 Å². The fourth-order valence-corrected chi connectivity index (χ4v) is 2.67. The van der Waals surface area contributed by atoms with E-state index in [1.54, 1.807) is 6.08 Å². The van der Waals surface area contributed by atoms with Gasteiger partial charge in [-0.15, -0.1) is 0 Å². The van der Waals surface area contributed by atoms with Crippen molar-refractivity contribution in [3.63, 3.8) is 0 Å². The Morgan fingerprint density at radius 1 is 0.864 bits per heavy atom. The molecule has 0 saturated heterocycles. The maximum Gasteiger partial charge on any atom is 0.328 e. The third kappa shape index (κ3) is 3.07. The van der Waals surface area contributed by atoms with Gasteiger partial charge in [0.05, 0.1) is 0 Å². The average molecular weight is 288 g/mol. The van der Waals surface area contributed by atoms with Crippen LogP contribution in [0.25, 0.3) is 16.8 Å². The van der Waals surface area contributed by atoms with Crippen molar-refractivity contribution in [2.45, 2.75) is 6.42 Å². The molecule has 0 unspecified atom stereocenters. The summed E-state index contributed by atoms with van der Waals surface area (Å²) >= 11 is 0. The molecule has 108 valence electrons. The standard InChI is InChI=1S/C20H16O2/c21-20(22)13-12-15-6-1-2-8-17(15)14-18-10-5-9-16-7-3-4-11-19(16)18/h1-13H,14H2,(H,21,22). The molecule has 0 aliphatic carbocycles. The molecule has 2 heteroatoms. The smallest absolute Gasteiger partial charge is 0.328 e. The molecule has 0 fully saturated rings. The van der Waals surface area contributed by atoms with Gasteiger partial charge in [-0.2, -0.15) is 0 Å². The van der Waals surface area contributed by atoms with Crippen LogP contribution >= 0.6 is 0 Å². The quantitative estimate of drug-likeness (QED) is 0.716. The van der Waals surface area contributed by atoms with E-state index in [-0.39, 0.29) is 0 Å². The fourth-order valence-electron chi connectivity index (χ4n) is 2.67. The zero-order chi connectivity index (χ0) is 15.4. The molecule has 3 rings (SSSR count). The van der Waals surface area contributed by atoms with E-state index in [0.29, 0.717) is 0 Å². The SMILES string of the molecule is O=C(O)C=Cc1ccccc1Cc1cccc2ccccc12. The number of rotatable bonds is 4. The lowest BCUT2D eigenvalue weighted by Gasteiger charge is -2.09. The molecule has 0 atom stereocenters. The second-order valence-electron chi connectivity index (χ2n) is 5.19. The van der Waals surface area contributed by atoms with Crippen molar-refractivity contribution >= 4 is 22.8 Å². The van der Waals surface area contributed by atoms with Crippen LogP contribution in [0.15, 0.2) is 72.8 Å². The predicted octanol–water partition coefficient (Wildman–Crippen LogP) is 4.53. The van der Waals surface area contributed by atoms with Crippen LogP contribution in [0.2, 0.25) is 0 Å². The molecule has 3 aromatic rings. The molecule has 22 heavy (non-hydrogen) atoms. The normalized spacial score (nSPS) is 11.1. The number of carbonyl (C=O) groups is 1. The lowest BCUT2D eigenvalue weighted by atomic mass is 9.95. The van der Waals surface area contributed by atoms with Gasteiger partial charge in [-0.1, -0.05) is 66.7 Å². The van der Waals surface area contributed by atoms with Crippen LogP contribution in [-0.4, -0.2) is 11.1 Å². The molecular formula is C20H16O2. The molecule has 0 bridgehead atoms. The first-order chi connectivity index (χ1) is 10.7. The van der Waals surface area contributed by atoms with E-state index >= 15 is 0 Å². The minimum absolute atomic E-state index is 0.779. The number of carboxylic acids is 1. The number of carboxylic acid groups (broad SMARTS) is 1. The van der Waals surface area contributed by atoms with E-state index in [1.165, 1.54) is 22.4 Å². The molecule has 0 heterocycles. The summed E-state index contributed by atoms with van der Waals surface area (Å²) in [4.78, 5) is 10.7. The second kappa shape index (κ2) is 6.27. The molecule has 0 aliphatic rings. The summed E-state index contributed by atoms with van der Waals surface area (Å²) in [5.74, 6) is -0.931. The van der Waals surface area contributed by atoms with E-state index in [9.17, 15) is 4.79 Å². The van der Waals surface area contributed by atoms with E-state index in [4.69, 9.17) is 5.11 Å². The maximum atomic E-state index is 10.7. The molecular weight excluding hydrogens is 272 g/mol. The first-order valence-corrected chi connectivity index (χ1v) is 7.19. The third-order valence-corrected chi connectivity index (χ3v) is 3.72. The Morgan fingerprint density at radius 2 is 1.55 bits per heavy atom. The third-order valence-electron chi connectivity index (χ3n) is 3.72. The van der Waals surface area contributed by atoms with Crippen molar-refractivity contribution in [3.05, 3.63) is 89.5 Å². The zero-order valence-corrected chi connectivity index (χ0v) is 12.1. The first-order valence-electron chi connectivity index (χ1n) is 7.19. The Kier molecular flexibility index (Phi) is 4.01. The fraction of sp³-hybridized carbons (Fsp3) is 0.0500. The minimum atomic E-state index is -0.931. The van der Waals surface area contributed by atoms with Crippen molar-refractivity contribution in [3.8, 4) is 0 Å². The van der Waals surface area contributed by atoms with Gasteiger partial charge in [0.1, 0.15) is 0 Å². The van der Waals surface area contributed by atoms with Crippen LogP contribution in [0.3, 0.4) is 0 Å². The second-order valence-corrected chi connectivity index (χ2v) is 5.19. The van der Waals surface area contributed by atoms with E-state index in [0.717, 1.165) is 17.5 Å². The zero-order valence-electron chi connectivity index (χ0n) is 12.1. The highest BCUT2D eigenvalue weighted by atomic mass is 16.4. The lowest BCUT2D eigenvalue weighted by molar-refractivity contribution is -0.131. The summed E-state index contributed by atoms with van der Waals surface area (Å²) in [7, 11) is 0. The van der Waals surface area contributed by atoms with Crippen molar-refractivity contribution in [2.75, 3.05) is 0 Å². The van der Waals surface area contributed by atoms with Gasteiger partial charge in [-0.25, -0.2) is 4.79 Å². The van der Waals surface area contributed by atoms with Gasteiger partial charge >= 0.3 is 5.97 Å². The van der Waals surface area contributed by atoms with Crippen LogP contribution in [0, 0.1) is 0 Å². The summed E-state index contributed by atoms with van der Waals surface area (Å²) < 4.78 is 0. The van der Waals surface area contributed by atoms with Crippen molar-refractivity contribution < 1.29 is 9.90 Å². The lowest BCUT2D eigenvalue weighted by Crippen LogP contribution is -1.94. The highest BCUT2D eigenvalue weighted by Gasteiger charge is 2.04. The molecule has 0 spiro atoms. The Bertz CT molecular complexity index is 842. The number of hydrogen-bond acceptors (Lipinski definition) is 1. The Balaban J connectivity index is 2.01. The highest BCUT2D eigenvalue weighted by molar-refractivity contribution is 5.87. The van der Waals surface area contributed by atoms with Gasteiger partial charge in [0.25, 0.3) is 0 Å². The minimum Gasteiger partial charge on any atom is -0.478 e. The topological polar surface area (TPSA) is 37.3 Å². The average Bonchev–Trinajstić information content (AvgIpc) is 2.54.